The molecule has 0 bridgehead atoms. The SMILES string of the molecule is CCNC(=NCc1cccnc1N1CCC(C(N)=O)CC1)N1CC(C)C(C(=O)OC)C1. The number of esters is 1. The Balaban J connectivity index is 1.72. The first-order chi connectivity index (χ1) is 14.9. The van der Waals surface area contributed by atoms with Gasteiger partial charge in [-0.2, -0.15) is 0 Å². The number of nitrogens with two attached hydrogens (primary N) is 1. The van der Waals surface area contributed by atoms with Crippen molar-refractivity contribution in [1.82, 2.24) is 15.2 Å². The number of anilines is 1. The minimum absolute atomic E-state index is 0.0540. The summed E-state index contributed by atoms with van der Waals surface area (Å²) in [6, 6.07) is 3.96. The smallest absolute Gasteiger partial charge is 0.310 e. The van der Waals surface area contributed by atoms with Crippen molar-refractivity contribution in [2.24, 2.45) is 28.5 Å². The molecule has 0 spiro atoms. The molecule has 170 valence electrons. The number of pyridine rings is 1. The van der Waals surface area contributed by atoms with Gasteiger partial charge < -0.3 is 25.6 Å². The highest BCUT2D eigenvalue weighted by Gasteiger charge is 2.37. The van der Waals surface area contributed by atoms with E-state index in [9.17, 15) is 9.59 Å². The van der Waals surface area contributed by atoms with Crippen LogP contribution in [0.25, 0.3) is 0 Å². The van der Waals surface area contributed by atoms with Gasteiger partial charge in [0.05, 0.1) is 19.6 Å². The van der Waals surface area contributed by atoms with Crippen molar-refractivity contribution >= 4 is 23.7 Å². The number of hydrogen-bond donors (Lipinski definition) is 2. The average Bonchev–Trinajstić information content (AvgIpc) is 3.17. The molecule has 9 heteroatoms. The van der Waals surface area contributed by atoms with E-state index < -0.39 is 0 Å². The van der Waals surface area contributed by atoms with Crippen molar-refractivity contribution in [3.05, 3.63) is 23.9 Å². The average molecular weight is 431 g/mol. The summed E-state index contributed by atoms with van der Waals surface area (Å²) in [6.07, 6.45) is 3.28. The van der Waals surface area contributed by atoms with Gasteiger partial charge in [0.15, 0.2) is 5.96 Å². The predicted octanol–water partition coefficient (Wildman–Crippen LogP) is 0.990. The van der Waals surface area contributed by atoms with Crippen molar-refractivity contribution in [2.75, 3.05) is 44.7 Å². The van der Waals surface area contributed by atoms with Gasteiger partial charge >= 0.3 is 5.97 Å². The second-order valence-electron chi connectivity index (χ2n) is 8.33. The van der Waals surface area contributed by atoms with Crippen LogP contribution in [0.4, 0.5) is 5.82 Å². The number of aromatic nitrogens is 1. The number of carbonyl (C=O) groups is 2. The first-order valence-electron chi connectivity index (χ1n) is 11.0. The first kappa shape index (κ1) is 22.8. The molecule has 2 saturated heterocycles. The highest BCUT2D eigenvalue weighted by Crippen LogP contribution is 2.26. The molecule has 1 amide bonds. The molecule has 2 fully saturated rings. The second-order valence-corrected chi connectivity index (χ2v) is 8.33. The Kier molecular flexibility index (Phi) is 7.70. The molecule has 2 atom stereocenters. The molecule has 3 rings (SSSR count). The van der Waals surface area contributed by atoms with E-state index in [4.69, 9.17) is 15.5 Å². The second kappa shape index (κ2) is 10.5. The maximum absolute atomic E-state index is 12.1. The topological polar surface area (TPSA) is 113 Å². The summed E-state index contributed by atoms with van der Waals surface area (Å²) in [5, 5.41) is 3.35. The normalized spacial score (nSPS) is 22.5. The minimum Gasteiger partial charge on any atom is -0.469 e. The number of hydrogen-bond acceptors (Lipinski definition) is 6. The number of nitrogens with one attached hydrogen (secondary N) is 1. The Labute approximate surface area is 184 Å². The molecule has 0 radical (unpaired) electrons. The molecule has 1 aromatic heterocycles. The van der Waals surface area contributed by atoms with Crippen molar-refractivity contribution in [1.29, 1.82) is 0 Å². The van der Waals surface area contributed by atoms with Gasteiger partial charge in [-0.15, -0.1) is 0 Å². The van der Waals surface area contributed by atoms with Gasteiger partial charge in [-0.1, -0.05) is 13.0 Å². The fourth-order valence-corrected chi connectivity index (χ4v) is 4.40. The van der Waals surface area contributed by atoms with E-state index in [0.29, 0.717) is 13.1 Å². The van der Waals surface area contributed by atoms with Crippen LogP contribution in [-0.2, 0) is 20.9 Å². The van der Waals surface area contributed by atoms with Crippen molar-refractivity contribution in [2.45, 2.75) is 33.2 Å². The zero-order chi connectivity index (χ0) is 22.4. The van der Waals surface area contributed by atoms with E-state index in [1.54, 1.807) is 6.20 Å². The number of primary amides is 1. The fourth-order valence-electron chi connectivity index (χ4n) is 4.40. The third-order valence-corrected chi connectivity index (χ3v) is 6.21. The van der Waals surface area contributed by atoms with E-state index in [1.807, 2.05) is 19.1 Å². The van der Waals surface area contributed by atoms with E-state index >= 15 is 0 Å². The van der Waals surface area contributed by atoms with Crippen LogP contribution in [-0.4, -0.2) is 67.6 Å². The molecule has 2 aliphatic heterocycles. The molecule has 2 aliphatic rings. The lowest BCUT2D eigenvalue weighted by Gasteiger charge is -2.32. The molecular formula is C22H34N6O3. The highest BCUT2D eigenvalue weighted by molar-refractivity contribution is 5.82. The predicted molar refractivity (Wildman–Crippen MR) is 119 cm³/mol. The Morgan fingerprint density at radius 2 is 2.06 bits per heavy atom. The number of likely N-dealkylation sites (tertiary alicyclic amines) is 1. The monoisotopic (exact) mass is 430 g/mol. The zero-order valence-corrected chi connectivity index (χ0v) is 18.7. The molecule has 3 heterocycles. The van der Waals surface area contributed by atoms with E-state index in [-0.39, 0.29) is 29.6 Å². The van der Waals surface area contributed by atoms with Gasteiger partial charge in [-0.05, 0) is 31.7 Å². The van der Waals surface area contributed by atoms with Crippen LogP contribution in [0, 0.1) is 17.8 Å². The largest absolute Gasteiger partial charge is 0.469 e. The van der Waals surface area contributed by atoms with Gasteiger partial charge in [0.1, 0.15) is 5.82 Å². The van der Waals surface area contributed by atoms with Crippen LogP contribution in [0.2, 0.25) is 0 Å². The van der Waals surface area contributed by atoms with Gasteiger partial charge in [0, 0.05) is 50.4 Å². The number of carbonyl (C=O) groups excluding carboxylic acids is 2. The maximum atomic E-state index is 12.1. The molecule has 9 nitrogen and oxygen atoms in total. The molecule has 0 aromatic carbocycles. The van der Waals surface area contributed by atoms with Crippen LogP contribution in [0.1, 0.15) is 32.3 Å². The summed E-state index contributed by atoms with van der Waals surface area (Å²) < 4.78 is 4.96. The summed E-state index contributed by atoms with van der Waals surface area (Å²) in [5.41, 5.74) is 6.50. The molecule has 3 N–H and O–H groups in total. The molecule has 31 heavy (non-hydrogen) atoms. The third-order valence-electron chi connectivity index (χ3n) is 6.21. The number of aliphatic imine (C=N–C) groups is 1. The van der Waals surface area contributed by atoms with E-state index in [2.05, 4.69) is 27.0 Å². The number of methoxy groups -OCH3 is 1. The Bertz CT molecular complexity index is 806. The van der Waals surface area contributed by atoms with Crippen LogP contribution in [0.15, 0.2) is 23.3 Å². The number of ether oxygens (including phenoxy) is 1. The lowest BCUT2D eigenvalue weighted by molar-refractivity contribution is -0.146. The summed E-state index contributed by atoms with van der Waals surface area (Å²) in [7, 11) is 1.44. The van der Waals surface area contributed by atoms with Gasteiger partial charge in [-0.3, -0.25) is 9.59 Å². The number of guanidine groups is 1. The quantitative estimate of drug-likeness (QED) is 0.393. The van der Waals surface area contributed by atoms with Crippen LogP contribution < -0.4 is 16.0 Å². The van der Waals surface area contributed by atoms with E-state index in [1.165, 1.54) is 7.11 Å². The number of piperidine rings is 1. The lowest BCUT2D eigenvalue weighted by atomic mass is 9.96. The summed E-state index contributed by atoms with van der Waals surface area (Å²) >= 11 is 0. The lowest BCUT2D eigenvalue weighted by Crippen LogP contribution is -2.41. The van der Waals surface area contributed by atoms with Gasteiger partial charge in [-0.25, -0.2) is 9.98 Å². The molecule has 1 aromatic rings. The number of nitrogens with zero attached hydrogens (tertiary/aromatic N) is 4. The van der Waals surface area contributed by atoms with E-state index in [0.717, 1.165) is 56.4 Å². The van der Waals surface area contributed by atoms with Crippen LogP contribution >= 0.6 is 0 Å². The third kappa shape index (κ3) is 5.45. The van der Waals surface area contributed by atoms with Crippen molar-refractivity contribution in [3.8, 4) is 0 Å². The molecule has 0 saturated carbocycles. The standard InChI is InChI=1S/C22H34N6O3/c1-4-24-22(28-13-15(2)18(14-28)21(30)31-3)26-12-17-6-5-9-25-20(17)27-10-7-16(8-11-27)19(23)29/h5-6,9,15-16,18H,4,7-8,10-14H2,1-3H3,(H2,23,29)(H,24,26). The zero-order valence-electron chi connectivity index (χ0n) is 18.7. The summed E-state index contributed by atoms with van der Waals surface area (Å²) in [5.74, 6) is 1.33. The van der Waals surface area contributed by atoms with Gasteiger partial charge in [0.25, 0.3) is 0 Å². The minimum atomic E-state index is -0.217. The fraction of sp³-hybridized carbons (Fsp3) is 0.636. The Morgan fingerprint density at radius 1 is 1.32 bits per heavy atom. The molecule has 0 aliphatic carbocycles. The van der Waals surface area contributed by atoms with Crippen LogP contribution in [0.5, 0.6) is 0 Å². The van der Waals surface area contributed by atoms with Crippen molar-refractivity contribution in [3.63, 3.8) is 0 Å². The Hall–Kier alpha value is -2.84. The van der Waals surface area contributed by atoms with Crippen LogP contribution in [0.3, 0.4) is 0 Å². The highest BCUT2D eigenvalue weighted by atomic mass is 16.5. The molecular weight excluding hydrogens is 396 g/mol. The summed E-state index contributed by atoms with van der Waals surface area (Å²) in [6.45, 7) is 8.19. The molecule has 2 unspecified atom stereocenters. The number of amides is 1. The maximum Gasteiger partial charge on any atom is 0.310 e. The Morgan fingerprint density at radius 3 is 2.71 bits per heavy atom. The van der Waals surface area contributed by atoms with Gasteiger partial charge in [0.2, 0.25) is 5.91 Å². The summed E-state index contributed by atoms with van der Waals surface area (Å²) in [4.78, 5) is 37.3. The number of rotatable bonds is 6. The van der Waals surface area contributed by atoms with Crippen molar-refractivity contribution < 1.29 is 14.3 Å². The first-order valence-corrected chi connectivity index (χ1v) is 11.0.